The van der Waals surface area contributed by atoms with Crippen LogP contribution in [0.2, 0.25) is 0 Å². The number of nitrogens with one attached hydrogen (secondary N) is 1. The fraction of sp³-hybridized carbons (Fsp3) is 0.188. The lowest BCUT2D eigenvalue weighted by Gasteiger charge is -2.10. The number of amides is 1. The molecule has 1 amide bonds. The summed E-state index contributed by atoms with van der Waals surface area (Å²) in [6.07, 6.45) is 2.27. The van der Waals surface area contributed by atoms with Gasteiger partial charge in [0.25, 0.3) is 0 Å². The lowest BCUT2D eigenvalue weighted by molar-refractivity contribution is -0.116. The first-order valence-corrected chi connectivity index (χ1v) is 6.40. The zero-order chi connectivity index (χ0) is 14.4. The molecule has 2 rings (SSSR count). The highest BCUT2D eigenvalue weighted by Crippen LogP contribution is 2.10. The molecule has 0 spiro atoms. The summed E-state index contributed by atoms with van der Waals surface area (Å²) in [4.78, 5) is 11.6. The number of carbonyl (C=O) groups is 1. The number of benzene rings is 1. The van der Waals surface area contributed by atoms with Crippen LogP contribution in [-0.4, -0.2) is 17.6 Å². The molecular formula is C16H17NO3. The minimum atomic E-state index is -0.709. The topological polar surface area (TPSA) is 62.5 Å². The van der Waals surface area contributed by atoms with Gasteiger partial charge in [0.2, 0.25) is 5.91 Å². The maximum absolute atomic E-state index is 11.6. The standard InChI is InChI=1S/C16H17NO3/c1-12-7-8-14(20-12)9-10-16(19)17-11-15(18)13-5-3-2-4-6-13/h2-10,15,18H,11H2,1H3,(H,17,19)/b10-9+. The van der Waals surface area contributed by atoms with Crippen LogP contribution in [0.5, 0.6) is 0 Å². The van der Waals surface area contributed by atoms with Crippen molar-refractivity contribution in [3.63, 3.8) is 0 Å². The van der Waals surface area contributed by atoms with Gasteiger partial charge in [0.1, 0.15) is 11.5 Å². The van der Waals surface area contributed by atoms with Gasteiger partial charge in [-0.3, -0.25) is 4.79 Å². The summed E-state index contributed by atoms with van der Waals surface area (Å²) in [5.41, 5.74) is 0.776. The monoisotopic (exact) mass is 271 g/mol. The minimum absolute atomic E-state index is 0.171. The number of aryl methyl sites for hydroxylation is 1. The number of rotatable bonds is 5. The van der Waals surface area contributed by atoms with E-state index in [-0.39, 0.29) is 12.5 Å². The molecule has 4 heteroatoms. The molecule has 0 aliphatic heterocycles. The highest BCUT2D eigenvalue weighted by molar-refractivity contribution is 5.91. The van der Waals surface area contributed by atoms with Crippen molar-refractivity contribution in [3.05, 3.63) is 65.6 Å². The van der Waals surface area contributed by atoms with Crippen molar-refractivity contribution in [3.8, 4) is 0 Å². The van der Waals surface area contributed by atoms with Crippen molar-refractivity contribution in [2.24, 2.45) is 0 Å². The van der Waals surface area contributed by atoms with Gasteiger partial charge in [-0.15, -0.1) is 0 Å². The zero-order valence-electron chi connectivity index (χ0n) is 11.2. The molecule has 1 atom stereocenters. The van der Waals surface area contributed by atoms with Crippen LogP contribution in [0.3, 0.4) is 0 Å². The third-order valence-electron chi connectivity index (χ3n) is 2.81. The summed E-state index contributed by atoms with van der Waals surface area (Å²) >= 11 is 0. The molecule has 0 saturated heterocycles. The van der Waals surface area contributed by atoms with Crippen LogP contribution in [0.15, 0.2) is 53.0 Å². The van der Waals surface area contributed by atoms with Crippen LogP contribution in [0.4, 0.5) is 0 Å². The van der Waals surface area contributed by atoms with Crippen LogP contribution in [0, 0.1) is 6.92 Å². The van der Waals surface area contributed by atoms with Gasteiger partial charge in [-0.25, -0.2) is 0 Å². The van der Waals surface area contributed by atoms with E-state index in [2.05, 4.69) is 5.32 Å². The highest BCUT2D eigenvalue weighted by Gasteiger charge is 2.07. The Hall–Kier alpha value is -2.33. The first kappa shape index (κ1) is 14.1. The Bertz CT molecular complexity index is 587. The second kappa shape index (κ2) is 6.73. The summed E-state index contributed by atoms with van der Waals surface area (Å²) in [6.45, 7) is 2.01. The molecule has 0 fully saturated rings. The molecule has 1 aromatic heterocycles. The largest absolute Gasteiger partial charge is 0.462 e. The molecule has 2 aromatic rings. The van der Waals surface area contributed by atoms with Crippen LogP contribution in [-0.2, 0) is 4.79 Å². The average molecular weight is 271 g/mol. The van der Waals surface area contributed by atoms with E-state index < -0.39 is 6.10 Å². The number of hydrogen-bond donors (Lipinski definition) is 2. The average Bonchev–Trinajstić information content (AvgIpc) is 2.89. The van der Waals surface area contributed by atoms with Crippen LogP contribution in [0.1, 0.15) is 23.2 Å². The molecule has 104 valence electrons. The Morgan fingerprint density at radius 1 is 1.30 bits per heavy atom. The van der Waals surface area contributed by atoms with E-state index in [1.54, 1.807) is 12.1 Å². The minimum Gasteiger partial charge on any atom is -0.462 e. The van der Waals surface area contributed by atoms with Gasteiger partial charge < -0.3 is 14.8 Å². The van der Waals surface area contributed by atoms with Crippen molar-refractivity contribution in [2.45, 2.75) is 13.0 Å². The maximum atomic E-state index is 11.6. The van der Waals surface area contributed by atoms with E-state index in [9.17, 15) is 9.90 Å². The fourth-order valence-electron chi connectivity index (χ4n) is 1.75. The lowest BCUT2D eigenvalue weighted by atomic mass is 10.1. The smallest absolute Gasteiger partial charge is 0.244 e. The van der Waals surface area contributed by atoms with E-state index >= 15 is 0 Å². The van der Waals surface area contributed by atoms with Gasteiger partial charge >= 0.3 is 0 Å². The number of carbonyl (C=O) groups excluding carboxylic acids is 1. The van der Waals surface area contributed by atoms with E-state index in [1.165, 1.54) is 6.08 Å². The predicted octanol–water partition coefficient (Wildman–Crippen LogP) is 2.45. The van der Waals surface area contributed by atoms with E-state index in [1.807, 2.05) is 43.3 Å². The van der Waals surface area contributed by atoms with E-state index in [4.69, 9.17) is 4.42 Å². The quantitative estimate of drug-likeness (QED) is 0.821. The van der Waals surface area contributed by atoms with Gasteiger partial charge in [-0.05, 0) is 30.7 Å². The molecule has 20 heavy (non-hydrogen) atoms. The molecular weight excluding hydrogens is 254 g/mol. The summed E-state index contributed by atoms with van der Waals surface area (Å²) < 4.78 is 5.31. The third kappa shape index (κ3) is 4.10. The van der Waals surface area contributed by atoms with Crippen molar-refractivity contribution in [2.75, 3.05) is 6.54 Å². The molecule has 4 nitrogen and oxygen atoms in total. The van der Waals surface area contributed by atoms with Crippen LogP contribution < -0.4 is 5.32 Å². The summed E-state index contributed by atoms with van der Waals surface area (Å²) in [6, 6.07) is 12.8. The molecule has 0 saturated carbocycles. The summed E-state index contributed by atoms with van der Waals surface area (Å²) in [7, 11) is 0. The van der Waals surface area contributed by atoms with Crippen molar-refractivity contribution in [1.29, 1.82) is 0 Å². The normalized spacial score (nSPS) is 12.5. The van der Waals surface area contributed by atoms with Gasteiger partial charge in [-0.2, -0.15) is 0 Å². The lowest BCUT2D eigenvalue weighted by Crippen LogP contribution is -2.26. The number of hydrogen-bond acceptors (Lipinski definition) is 3. The Balaban J connectivity index is 1.82. The Morgan fingerprint density at radius 2 is 2.05 bits per heavy atom. The Labute approximate surface area is 117 Å². The highest BCUT2D eigenvalue weighted by atomic mass is 16.3. The molecule has 0 radical (unpaired) electrons. The summed E-state index contributed by atoms with van der Waals surface area (Å²) in [5.74, 6) is 1.15. The maximum Gasteiger partial charge on any atom is 0.244 e. The predicted molar refractivity (Wildman–Crippen MR) is 76.9 cm³/mol. The molecule has 1 heterocycles. The Morgan fingerprint density at radius 3 is 2.70 bits per heavy atom. The third-order valence-corrected chi connectivity index (χ3v) is 2.81. The molecule has 1 unspecified atom stereocenters. The Kier molecular flexibility index (Phi) is 4.74. The second-order valence-corrected chi connectivity index (χ2v) is 4.45. The first-order valence-electron chi connectivity index (χ1n) is 6.40. The van der Waals surface area contributed by atoms with Crippen molar-refractivity contribution in [1.82, 2.24) is 5.32 Å². The molecule has 1 aromatic carbocycles. The fourth-order valence-corrected chi connectivity index (χ4v) is 1.75. The second-order valence-electron chi connectivity index (χ2n) is 4.45. The van der Waals surface area contributed by atoms with Crippen molar-refractivity contribution >= 4 is 12.0 Å². The molecule has 0 bridgehead atoms. The van der Waals surface area contributed by atoms with Gasteiger partial charge in [0.05, 0.1) is 6.10 Å². The van der Waals surface area contributed by atoms with Gasteiger partial charge in [0.15, 0.2) is 0 Å². The number of aliphatic hydroxyl groups excluding tert-OH is 1. The van der Waals surface area contributed by atoms with Gasteiger partial charge in [-0.1, -0.05) is 30.3 Å². The van der Waals surface area contributed by atoms with E-state index in [0.717, 1.165) is 11.3 Å². The zero-order valence-corrected chi connectivity index (χ0v) is 11.2. The van der Waals surface area contributed by atoms with E-state index in [0.29, 0.717) is 5.76 Å². The van der Waals surface area contributed by atoms with Crippen LogP contribution in [0.25, 0.3) is 6.08 Å². The van der Waals surface area contributed by atoms with Crippen molar-refractivity contribution < 1.29 is 14.3 Å². The molecule has 2 N–H and O–H groups in total. The first-order chi connectivity index (χ1) is 9.65. The molecule has 0 aliphatic rings. The van der Waals surface area contributed by atoms with Crippen LogP contribution >= 0.6 is 0 Å². The SMILES string of the molecule is Cc1ccc(/C=C/C(=O)NCC(O)c2ccccc2)o1. The number of aliphatic hydroxyl groups is 1. The summed E-state index contributed by atoms with van der Waals surface area (Å²) in [5, 5.41) is 12.5. The number of furan rings is 1. The molecule has 0 aliphatic carbocycles. The van der Waals surface area contributed by atoms with Gasteiger partial charge in [0, 0.05) is 12.6 Å².